The van der Waals surface area contributed by atoms with Crippen LogP contribution < -0.4 is 24.0 Å². The quantitative estimate of drug-likeness (QED) is 0.265. The predicted octanol–water partition coefficient (Wildman–Crippen LogP) is -2.31. The van der Waals surface area contributed by atoms with Crippen molar-refractivity contribution in [1.29, 1.82) is 0 Å². The number of hydrogen-bond donors (Lipinski definition) is 0. The summed E-state index contributed by atoms with van der Waals surface area (Å²) in [4.78, 5) is 0. The molecule has 10 heavy (non-hydrogen) atoms. The second kappa shape index (κ2) is 2.49. The van der Waals surface area contributed by atoms with Gasteiger partial charge >= 0.3 is 18.9 Å². The first-order chi connectivity index (χ1) is 4.29. The van der Waals surface area contributed by atoms with Crippen molar-refractivity contribution in [3.05, 3.63) is 24.0 Å². The first-order valence-electron chi connectivity index (χ1n) is 3.36. The molecular formula is C8H9LiO. The molecule has 3 atom stereocenters. The third-order valence-electron chi connectivity index (χ3n) is 2.40. The van der Waals surface area contributed by atoms with E-state index in [2.05, 4.69) is 13.0 Å². The van der Waals surface area contributed by atoms with Crippen molar-refractivity contribution in [2.75, 3.05) is 0 Å². The standard InChI is InChI=1S/C8H10O.Li/c1-5-6-2-3-7(5)8(9)4-6;/h2-7,9H,1H3;/q;+1/p-1. The van der Waals surface area contributed by atoms with Gasteiger partial charge in [0.05, 0.1) is 0 Å². The zero-order chi connectivity index (χ0) is 6.43. The van der Waals surface area contributed by atoms with Crippen LogP contribution in [-0.4, -0.2) is 0 Å². The van der Waals surface area contributed by atoms with Gasteiger partial charge in [-0.2, -0.15) is 0 Å². The summed E-state index contributed by atoms with van der Waals surface area (Å²) >= 11 is 0. The molecule has 0 radical (unpaired) electrons. The van der Waals surface area contributed by atoms with Crippen molar-refractivity contribution >= 4 is 0 Å². The zero-order valence-electron chi connectivity index (χ0n) is 6.37. The van der Waals surface area contributed by atoms with Gasteiger partial charge in [0.1, 0.15) is 0 Å². The summed E-state index contributed by atoms with van der Waals surface area (Å²) in [5.41, 5.74) is 0. The summed E-state index contributed by atoms with van der Waals surface area (Å²) in [5.74, 6) is 1.57. The Bertz CT molecular complexity index is 195. The van der Waals surface area contributed by atoms with E-state index in [1.165, 1.54) is 0 Å². The van der Waals surface area contributed by atoms with Gasteiger partial charge in [-0.1, -0.05) is 25.2 Å². The fourth-order valence-corrected chi connectivity index (χ4v) is 1.70. The van der Waals surface area contributed by atoms with E-state index in [9.17, 15) is 5.11 Å². The summed E-state index contributed by atoms with van der Waals surface area (Å²) in [6, 6.07) is 0. The molecule has 3 unspecified atom stereocenters. The van der Waals surface area contributed by atoms with Crippen LogP contribution in [0.3, 0.4) is 0 Å². The van der Waals surface area contributed by atoms with E-state index in [1.807, 2.05) is 12.2 Å². The van der Waals surface area contributed by atoms with E-state index in [0.717, 1.165) is 0 Å². The topological polar surface area (TPSA) is 23.1 Å². The van der Waals surface area contributed by atoms with Crippen LogP contribution in [0.25, 0.3) is 0 Å². The summed E-state index contributed by atoms with van der Waals surface area (Å²) < 4.78 is 0. The van der Waals surface area contributed by atoms with E-state index in [4.69, 9.17) is 0 Å². The molecule has 0 N–H and O–H groups in total. The second-order valence-electron chi connectivity index (χ2n) is 2.92. The first-order valence-corrected chi connectivity index (χ1v) is 3.36. The van der Waals surface area contributed by atoms with E-state index in [0.29, 0.717) is 17.6 Å². The van der Waals surface area contributed by atoms with Gasteiger partial charge in [0.25, 0.3) is 0 Å². The van der Waals surface area contributed by atoms with Gasteiger partial charge in [-0.15, -0.1) is 5.76 Å². The normalized spacial score (nSPS) is 41.3. The Morgan fingerprint density at radius 3 is 2.30 bits per heavy atom. The molecule has 2 aliphatic rings. The minimum absolute atomic E-state index is 0. The average molecular weight is 128 g/mol. The molecule has 0 saturated heterocycles. The van der Waals surface area contributed by atoms with E-state index < -0.39 is 0 Å². The minimum atomic E-state index is 0. The predicted molar refractivity (Wildman–Crippen MR) is 33.4 cm³/mol. The van der Waals surface area contributed by atoms with Crippen LogP contribution in [0.4, 0.5) is 0 Å². The molecule has 48 valence electrons. The van der Waals surface area contributed by atoms with Crippen LogP contribution in [-0.2, 0) is 0 Å². The minimum Gasteiger partial charge on any atom is -0.875 e. The Balaban J connectivity index is 0.000000500. The van der Waals surface area contributed by atoms with Crippen molar-refractivity contribution in [3.8, 4) is 0 Å². The molecular weight excluding hydrogens is 119 g/mol. The number of hydrogen-bond acceptors (Lipinski definition) is 1. The van der Waals surface area contributed by atoms with Crippen LogP contribution in [0.15, 0.2) is 24.0 Å². The summed E-state index contributed by atoms with van der Waals surface area (Å²) in [7, 11) is 0. The molecule has 0 heterocycles. The Morgan fingerprint density at radius 1 is 1.40 bits per heavy atom. The van der Waals surface area contributed by atoms with Gasteiger partial charge in [0.2, 0.25) is 0 Å². The molecule has 0 spiro atoms. The summed E-state index contributed by atoms with van der Waals surface area (Å²) in [6.07, 6.45) is 6.02. The summed E-state index contributed by atoms with van der Waals surface area (Å²) in [5, 5.41) is 10.9. The maximum atomic E-state index is 10.9. The molecule has 0 aromatic rings. The monoisotopic (exact) mass is 128 g/mol. The van der Waals surface area contributed by atoms with E-state index >= 15 is 0 Å². The van der Waals surface area contributed by atoms with Crippen molar-refractivity contribution < 1.29 is 24.0 Å². The largest absolute Gasteiger partial charge is 1.00 e. The fourth-order valence-electron chi connectivity index (χ4n) is 1.70. The van der Waals surface area contributed by atoms with Gasteiger partial charge in [-0.05, 0) is 17.8 Å². The van der Waals surface area contributed by atoms with Gasteiger partial charge in [-0.25, -0.2) is 0 Å². The van der Waals surface area contributed by atoms with Gasteiger partial charge in [-0.3, -0.25) is 0 Å². The van der Waals surface area contributed by atoms with Gasteiger partial charge < -0.3 is 5.11 Å². The molecule has 2 aliphatic carbocycles. The van der Waals surface area contributed by atoms with Crippen molar-refractivity contribution in [3.63, 3.8) is 0 Å². The summed E-state index contributed by atoms with van der Waals surface area (Å²) in [6.45, 7) is 2.14. The molecule has 0 aromatic heterocycles. The molecule has 2 heteroatoms. The smallest absolute Gasteiger partial charge is 0.875 e. The third-order valence-corrected chi connectivity index (χ3v) is 2.40. The molecule has 0 aromatic carbocycles. The second-order valence-corrected chi connectivity index (χ2v) is 2.92. The Labute approximate surface area is 73.0 Å². The zero-order valence-corrected chi connectivity index (χ0v) is 6.37. The molecule has 0 amide bonds. The fraction of sp³-hybridized carbons (Fsp3) is 0.500. The van der Waals surface area contributed by atoms with Crippen molar-refractivity contribution in [2.45, 2.75) is 6.92 Å². The number of rotatable bonds is 0. The van der Waals surface area contributed by atoms with Crippen LogP contribution >= 0.6 is 0 Å². The Morgan fingerprint density at radius 2 is 2.10 bits per heavy atom. The van der Waals surface area contributed by atoms with Crippen LogP contribution in [0.1, 0.15) is 6.92 Å². The average Bonchev–Trinajstić information content (AvgIpc) is 2.25. The Hall–Kier alpha value is -0.123. The number of fused-ring (bicyclic) bond motifs is 2. The van der Waals surface area contributed by atoms with Crippen LogP contribution in [0.2, 0.25) is 0 Å². The Kier molecular flexibility index (Phi) is 1.99. The van der Waals surface area contributed by atoms with E-state index in [1.54, 1.807) is 0 Å². The molecule has 0 saturated carbocycles. The van der Waals surface area contributed by atoms with Gasteiger partial charge in [0, 0.05) is 0 Å². The molecule has 1 nitrogen and oxygen atoms in total. The maximum absolute atomic E-state index is 10.9. The van der Waals surface area contributed by atoms with E-state index in [-0.39, 0.29) is 24.8 Å². The first kappa shape index (κ1) is 7.98. The third kappa shape index (κ3) is 0.855. The molecule has 0 fully saturated rings. The molecule has 2 bridgehead atoms. The maximum Gasteiger partial charge on any atom is 1.00 e. The van der Waals surface area contributed by atoms with Gasteiger partial charge in [0.15, 0.2) is 0 Å². The van der Waals surface area contributed by atoms with Crippen molar-refractivity contribution in [1.82, 2.24) is 0 Å². The molecule has 2 rings (SSSR count). The van der Waals surface area contributed by atoms with Crippen molar-refractivity contribution in [2.24, 2.45) is 17.8 Å². The SMILES string of the molecule is CC1C2C=CC1C([O-])=C2.[Li+]. The number of allylic oxidation sites excluding steroid dienone is 3. The van der Waals surface area contributed by atoms with Crippen LogP contribution in [0.5, 0.6) is 0 Å². The van der Waals surface area contributed by atoms with Crippen LogP contribution in [0, 0.1) is 17.8 Å². The molecule has 0 aliphatic heterocycles.